The number of nitrogens with zero attached hydrogens (tertiary/aromatic N) is 4. The van der Waals surface area contributed by atoms with Crippen LogP contribution < -0.4 is 22.5 Å². The van der Waals surface area contributed by atoms with Crippen LogP contribution in [-0.2, 0) is 32.2 Å². The molecule has 0 aromatic carbocycles. The maximum absolute atomic E-state index is 13.1. The lowest BCUT2D eigenvalue weighted by Gasteiger charge is -2.26. The fraction of sp³-hybridized carbons (Fsp3) is 0.550. The molecule has 42 heavy (non-hydrogen) atoms. The van der Waals surface area contributed by atoms with Crippen LogP contribution in [0.15, 0.2) is 26.9 Å². The van der Waals surface area contributed by atoms with Crippen molar-refractivity contribution in [1.29, 1.82) is 0 Å². The van der Waals surface area contributed by atoms with E-state index in [9.17, 15) is 33.3 Å². The third-order valence-electron chi connectivity index (χ3n) is 6.92. The van der Waals surface area contributed by atoms with Gasteiger partial charge in [0.15, 0.2) is 11.2 Å². The fourth-order valence-electron chi connectivity index (χ4n) is 4.96. The van der Waals surface area contributed by atoms with E-state index in [1.54, 1.807) is 0 Å². The number of ether oxygens (including phenoxy) is 2. The standard InChI is InChI=1S/C20H25N7O12P2S/c1-8-4-26(20(30)25-17(8)28)13-3-10-12(37-13)6-42-41(33,34)39-9-2-14(36-11(9)5-35-40(31,32)38-10)27-7-22-15-16(27)23-19(21)24-18(15)29/h4,7,9-14H,2-3,5-6H2,1H3,(H,31,32)(H,33,34)(H,25,28,30)(H3,21,23,24,29)/t9-,10-,11+,12+,13+,14+/m0/s1. The van der Waals surface area contributed by atoms with Crippen LogP contribution in [0.3, 0.4) is 0 Å². The average Bonchev–Trinajstić information content (AvgIpc) is 3.60. The number of H-pyrrole nitrogens is 2. The Hall–Kier alpha value is -2.64. The van der Waals surface area contributed by atoms with E-state index >= 15 is 0 Å². The molecule has 3 aliphatic heterocycles. The highest BCUT2D eigenvalue weighted by Crippen LogP contribution is 2.60. The first-order valence-electron chi connectivity index (χ1n) is 12.5. The third kappa shape index (κ3) is 5.79. The number of fused-ring (bicyclic) bond motifs is 3. The molecule has 0 radical (unpaired) electrons. The monoisotopic (exact) mass is 649 g/mol. The minimum atomic E-state index is -4.76. The predicted molar refractivity (Wildman–Crippen MR) is 143 cm³/mol. The topological polar surface area (TPSA) is 265 Å². The number of nitrogens with two attached hydrogens (primary N) is 1. The molecule has 3 saturated heterocycles. The van der Waals surface area contributed by atoms with E-state index < -0.39 is 74.9 Å². The van der Waals surface area contributed by atoms with E-state index in [1.807, 2.05) is 0 Å². The van der Waals surface area contributed by atoms with Crippen molar-refractivity contribution < 1.29 is 42.0 Å². The highest BCUT2D eigenvalue weighted by molar-refractivity contribution is 8.54. The van der Waals surface area contributed by atoms with Gasteiger partial charge in [-0.15, -0.1) is 0 Å². The van der Waals surface area contributed by atoms with Crippen molar-refractivity contribution in [2.75, 3.05) is 18.1 Å². The van der Waals surface area contributed by atoms with Gasteiger partial charge in [0.25, 0.3) is 11.1 Å². The molecule has 2 unspecified atom stereocenters. The number of aromatic nitrogens is 6. The summed E-state index contributed by atoms with van der Waals surface area (Å²) in [6.07, 6.45) is -3.95. The number of hydrogen-bond acceptors (Lipinski definition) is 14. The summed E-state index contributed by atoms with van der Waals surface area (Å²) in [7, 11) is -4.76. The van der Waals surface area contributed by atoms with Crippen LogP contribution in [0.4, 0.5) is 5.95 Å². The van der Waals surface area contributed by atoms with Gasteiger partial charge in [-0.05, 0) is 18.3 Å². The second kappa shape index (κ2) is 10.8. The highest BCUT2D eigenvalue weighted by Gasteiger charge is 2.47. The normalized spacial score (nSPS) is 35.8. The summed E-state index contributed by atoms with van der Waals surface area (Å²) in [5, 5.41) is 0. The molecule has 0 spiro atoms. The van der Waals surface area contributed by atoms with Crippen molar-refractivity contribution in [3.05, 3.63) is 49.3 Å². The zero-order valence-electron chi connectivity index (χ0n) is 21.6. The summed E-state index contributed by atoms with van der Waals surface area (Å²) < 4.78 is 56.5. The molecule has 0 saturated carbocycles. The van der Waals surface area contributed by atoms with Crippen LogP contribution in [0.2, 0.25) is 0 Å². The lowest BCUT2D eigenvalue weighted by Crippen LogP contribution is -2.33. The molecule has 3 fully saturated rings. The first kappa shape index (κ1) is 29.4. The zero-order chi connectivity index (χ0) is 30.0. The van der Waals surface area contributed by atoms with E-state index in [-0.39, 0.29) is 41.3 Å². The summed E-state index contributed by atoms with van der Waals surface area (Å²) in [4.78, 5) is 70.1. The van der Waals surface area contributed by atoms with Crippen molar-refractivity contribution >= 4 is 43.1 Å². The number of aromatic amines is 2. The minimum Gasteiger partial charge on any atom is -0.369 e. The maximum atomic E-state index is 13.1. The van der Waals surface area contributed by atoms with Gasteiger partial charge in [0, 0.05) is 30.4 Å². The van der Waals surface area contributed by atoms with E-state index in [0.29, 0.717) is 11.4 Å². The molecule has 0 aliphatic carbocycles. The Morgan fingerprint density at radius 3 is 2.45 bits per heavy atom. The van der Waals surface area contributed by atoms with Crippen molar-refractivity contribution in [1.82, 2.24) is 29.1 Å². The maximum Gasteiger partial charge on any atom is 0.472 e. The van der Waals surface area contributed by atoms with Crippen LogP contribution >= 0.6 is 26.0 Å². The summed E-state index contributed by atoms with van der Waals surface area (Å²) in [6, 6.07) is 0. The Labute approximate surface area is 238 Å². The molecule has 22 heteroatoms. The van der Waals surface area contributed by atoms with Crippen LogP contribution in [-0.4, -0.2) is 75.6 Å². The van der Waals surface area contributed by atoms with Crippen LogP contribution in [0, 0.1) is 6.92 Å². The summed E-state index contributed by atoms with van der Waals surface area (Å²) >= 11 is 0.508. The number of hydrogen-bond donors (Lipinski definition) is 5. The Morgan fingerprint density at radius 2 is 1.69 bits per heavy atom. The predicted octanol–water partition coefficient (Wildman–Crippen LogP) is -0.130. The number of imidazole rings is 1. The third-order valence-corrected chi connectivity index (χ3v) is 11.0. The summed E-state index contributed by atoms with van der Waals surface area (Å²) in [5.74, 6) is -0.394. The molecule has 19 nitrogen and oxygen atoms in total. The van der Waals surface area contributed by atoms with Gasteiger partial charge >= 0.3 is 20.3 Å². The van der Waals surface area contributed by atoms with Crippen molar-refractivity contribution in [3.8, 4) is 0 Å². The summed E-state index contributed by atoms with van der Waals surface area (Å²) in [6.45, 7) is -3.48. The van der Waals surface area contributed by atoms with Gasteiger partial charge in [-0.25, -0.2) is 18.9 Å². The molecule has 3 aromatic rings. The van der Waals surface area contributed by atoms with Gasteiger partial charge in [-0.2, -0.15) is 4.98 Å². The molecule has 6 heterocycles. The Morgan fingerprint density at radius 1 is 1.00 bits per heavy atom. The van der Waals surface area contributed by atoms with Gasteiger partial charge in [-0.1, -0.05) is 0 Å². The SMILES string of the molecule is Cc1cn([C@H]2C[C@@H]3OP(=O)(O)OC[C@H]4O[C@@H](n5cnc6c(=O)[nH]c(N)nc65)C[C@@H]4OP(=O)(O)SC[C@H]3O2)c(=O)[nH]c1=O. The second-order valence-electron chi connectivity index (χ2n) is 9.80. The van der Waals surface area contributed by atoms with E-state index in [4.69, 9.17) is 28.8 Å². The number of nitrogen functional groups attached to an aromatic ring is 1. The first-order valence-corrected chi connectivity index (χ1v) is 17.1. The number of rotatable bonds is 2. The molecule has 8 atom stereocenters. The van der Waals surface area contributed by atoms with E-state index in [0.717, 1.165) is 4.57 Å². The van der Waals surface area contributed by atoms with Crippen molar-refractivity contribution in [2.24, 2.45) is 0 Å². The summed E-state index contributed by atoms with van der Waals surface area (Å²) in [5.41, 5.74) is 4.03. The molecular weight excluding hydrogens is 624 g/mol. The Bertz CT molecular complexity index is 1810. The number of phosphoric ester groups is 1. The second-order valence-corrected chi connectivity index (χ2v) is 15.1. The molecule has 0 bridgehead atoms. The van der Waals surface area contributed by atoms with Gasteiger partial charge in [-0.3, -0.25) is 42.3 Å². The number of aryl methyl sites for hydroxylation is 1. The smallest absolute Gasteiger partial charge is 0.369 e. The zero-order valence-corrected chi connectivity index (χ0v) is 24.2. The van der Waals surface area contributed by atoms with Crippen LogP contribution in [0.25, 0.3) is 11.2 Å². The quantitative estimate of drug-likeness (QED) is 0.226. The molecule has 3 aliphatic rings. The molecule has 228 valence electrons. The Kier molecular flexibility index (Phi) is 7.58. The van der Waals surface area contributed by atoms with Gasteiger partial charge in [0.1, 0.15) is 30.8 Å². The highest BCUT2D eigenvalue weighted by atomic mass is 32.7. The lowest BCUT2D eigenvalue weighted by molar-refractivity contribution is -0.0452. The van der Waals surface area contributed by atoms with Gasteiger partial charge in [0.2, 0.25) is 5.95 Å². The molecule has 3 aromatic heterocycles. The van der Waals surface area contributed by atoms with Crippen LogP contribution in [0.1, 0.15) is 30.9 Å². The molecular formula is C20H25N7O12P2S. The van der Waals surface area contributed by atoms with Crippen LogP contribution in [0.5, 0.6) is 0 Å². The van der Waals surface area contributed by atoms with Gasteiger partial charge in [0.05, 0.1) is 19.0 Å². The first-order chi connectivity index (χ1) is 19.8. The fourth-order valence-corrected chi connectivity index (χ4v) is 8.69. The number of anilines is 1. The lowest BCUT2D eigenvalue weighted by atomic mass is 10.2. The number of nitrogens with one attached hydrogen (secondary N) is 2. The van der Waals surface area contributed by atoms with Crippen molar-refractivity contribution in [3.63, 3.8) is 0 Å². The van der Waals surface area contributed by atoms with E-state index in [1.165, 1.54) is 24.0 Å². The molecule has 0 amide bonds. The molecule has 6 rings (SSSR count). The van der Waals surface area contributed by atoms with E-state index in [2.05, 4.69) is 19.9 Å². The average molecular weight is 649 g/mol. The van der Waals surface area contributed by atoms with Crippen molar-refractivity contribution in [2.45, 2.75) is 56.6 Å². The largest absolute Gasteiger partial charge is 0.472 e. The van der Waals surface area contributed by atoms with Gasteiger partial charge < -0.3 is 25.0 Å². The Balaban J connectivity index is 1.24. The molecule has 6 N–H and O–H groups in total. The minimum absolute atomic E-state index is 0.0170. The number of phosphoric acid groups is 1.